The van der Waals surface area contributed by atoms with E-state index in [9.17, 15) is 22.7 Å². The molecule has 8 heteroatoms. The van der Waals surface area contributed by atoms with E-state index in [0.717, 1.165) is 18.5 Å². The van der Waals surface area contributed by atoms with E-state index in [0.29, 0.717) is 4.90 Å². The highest BCUT2D eigenvalue weighted by atomic mass is 35.5. The number of benzene rings is 2. The molecule has 1 aliphatic rings. The molecule has 0 saturated carbocycles. The van der Waals surface area contributed by atoms with E-state index in [1.807, 2.05) is 0 Å². The van der Waals surface area contributed by atoms with Crippen molar-refractivity contribution in [3.05, 3.63) is 64.4 Å². The summed E-state index contributed by atoms with van der Waals surface area (Å²) >= 11 is 5.93. The van der Waals surface area contributed by atoms with Crippen LogP contribution in [0.15, 0.2) is 47.5 Å². The van der Waals surface area contributed by atoms with Crippen LogP contribution in [0, 0.1) is 5.82 Å². The molecule has 1 atom stereocenters. The van der Waals surface area contributed by atoms with Gasteiger partial charge < -0.3 is 10.0 Å². The fourth-order valence-corrected chi connectivity index (χ4v) is 2.79. The lowest BCUT2D eigenvalue weighted by molar-refractivity contribution is -0.167. The molecule has 0 saturated heterocycles. The van der Waals surface area contributed by atoms with E-state index in [2.05, 4.69) is 4.99 Å². The number of hydrogen-bond donors (Lipinski definition) is 1. The van der Waals surface area contributed by atoms with E-state index in [1.165, 1.54) is 30.3 Å². The minimum absolute atomic E-state index is 0.0721. The maximum absolute atomic E-state index is 13.2. The number of halogens is 5. The fraction of sp³-hybridized carbons (Fsp3) is 0.188. The van der Waals surface area contributed by atoms with Gasteiger partial charge in [-0.3, -0.25) is 0 Å². The second kappa shape index (κ2) is 5.75. The number of hydrogen-bond acceptors (Lipinski definition) is 3. The van der Waals surface area contributed by atoms with Gasteiger partial charge in [0.05, 0.1) is 12.0 Å². The average molecular weight is 359 g/mol. The molecule has 0 aromatic heterocycles. The van der Waals surface area contributed by atoms with Gasteiger partial charge in [0.15, 0.2) is 5.72 Å². The van der Waals surface area contributed by atoms with Gasteiger partial charge >= 0.3 is 6.18 Å². The Morgan fingerprint density at radius 1 is 1.12 bits per heavy atom. The molecule has 0 spiro atoms. The third-order valence-electron chi connectivity index (χ3n) is 3.68. The molecule has 24 heavy (non-hydrogen) atoms. The number of aliphatic hydroxyl groups is 1. The zero-order chi connectivity index (χ0) is 17.5. The molecule has 0 amide bonds. The van der Waals surface area contributed by atoms with Crippen molar-refractivity contribution in [2.24, 2.45) is 4.99 Å². The van der Waals surface area contributed by atoms with Crippen LogP contribution in [0.1, 0.15) is 11.1 Å². The van der Waals surface area contributed by atoms with Gasteiger partial charge in [0.25, 0.3) is 0 Å². The molecule has 0 radical (unpaired) electrons. The summed E-state index contributed by atoms with van der Waals surface area (Å²) in [6.07, 6.45) is -3.65. The largest absolute Gasteiger partial charge is 0.406 e. The normalized spacial score (nSPS) is 20.2. The van der Waals surface area contributed by atoms with Crippen molar-refractivity contribution in [3.63, 3.8) is 0 Å². The third kappa shape index (κ3) is 2.97. The molecule has 1 aliphatic heterocycles. The standard InChI is InChI=1S/C16H11ClF4N2O/c17-11-3-6-14-13(7-11)16(24,10-1-4-12(18)5-2-10)23(9-22-14)8-15(19,20)21/h1-7,9,24H,8H2. The minimum Gasteiger partial charge on any atom is -0.363 e. The van der Waals surface area contributed by atoms with Crippen LogP contribution in [0.2, 0.25) is 5.02 Å². The summed E-state index contributed by atoms with van der Waals surface area (Å²) in [6.45, 7) is -1.43. The highest BCUT2D eigenvalue weighted by molar-refractivity contribution is 6.30. The van der Waals surface area contributed by atoms with Gasteiger partial charge in [0.1, 0.15) is 12.4 Å². The second-order valence-corrected chi connectivity index (χ2v) is 5.76. The molecule has 0 aliphatic carbocycles. The van der Waals surface area contributed by atoms with Gasteiger partial charge in [-0.15, -0.1) is 0 Å². The molecule has 3 nitrogen and oxygen atoms in total. The Morgan fingerprint density at radius 2 is 1.79 bits per heavy atom. The van der Waals surface area contributed by atoms with Crippen LogP contribution in [0.25, 0.3) is 0 Å². The number of rotatable bonds is 2. The van der Waals surface area contributed by atoms with Crippen LogP contribution < -0.4 is 0 Å². The SMILES string of the molecule is OC1(c2ccc(F)cc2)c2cc(Cl)ccc2N=CN1CC(F)(F)F. The average Bonchev–Trinajstić information content (AvgIpc) is 2.50. The first kappa shape index (κ1) is 16.7. The maximum atomic E-state index is 13.2. The summed E-state index contributed by atoms with van der Waals surface area (Å²) in [6, 6.07) is 8.94. The van der Waals surface area contributed by atoms with E-state index in [-0.39, 0.29) is 21.8 Å². The highest BCUT2D eigenvalue weighted by Gasteiger charge is 2.46. The van der Waals surface area contributed by atoms with Crippen LogP contribution in [0.4, 0.5) is 23.2 Å². The van der Waals surface area contributed by atoms with Crippen LogP contribution in [0.3, 0.4) is 0 Å². The topological polar surface area (TPSA) is 35.8 Å². The van der Waals surface area contributed by atoms with Crippen LogP contribution in [-0.4, -0.2) is 29.1 Å². The molecule has 1 heterocycles. The van der Waals surface area contributed by atoms with Crippen molar-refractivity contribution in [3.8, 4) is 0 Å². The molecule has 1 unspecified atom stereocenters. The minimum atomic E-state index is -4.57. The Bertz CT molecular complexity index is 792. The van der Waals surface area contributed by atoms with Gasteiger partial charge in [-0.2, -0.15) is 13.2 Å². The fourth-order valence-electron chi connectivity index (χ4n) is 2.62. The maximum Gasteiger partial charge on any atom is 0.406 e. The summed E-state index contributed by atoms with van der Waals surface area (Å²) in [5.74, 6) is -0.569. The van der Waals surface area contributed by atoms with Crippen molar-refractivity contribution in [1.29, 1.82) is 0 Å². The molecule has 2 aromatic rings. The number of nitrogens with zero attached hydrogens (tertiary/aromatic N) is 2. The van der Waals surface area contributed by atoms with Gasteiger partial charge in [0, 0.05) is 16.1 Å². The monoisotopic (exact) mass is 358 g/mol. The second-order valence-electron chi connectivity index (χ2n) is 5.33. The van der Waals surface area contributed by atoms with Crippen molar-refractivity contribution in [1.82, 2.24) is 4.90 Å². The van der Waals surface area contributed by atoms with E-state index < -0.39 is 24.3 Å². The van der Waals surface area contributed by atoms with Gasteiger partial charge in [-0.05, 0) is 30.3 Å². The first-order valence-electron chi connectivity index (χ1n) is 6.86. The summed E-state index contributed by atoms with van der Waals surface area (Å²) < 4.78 is 51.9. The molecular weight excluding hydrogens is 348 g/mol. The predicted molar refractivity (Wildman–Crippen MR) is 81.8 cm³/mol. The molecule has 0 fully saturated rings. The first-order chi connectivity index (χ1) is 11.2. The Morgan fingerprint density at radius 3 is 2.42 bits per heavy atom. The lowest BCUT2D eigenvalue weighted by Gasteiger charge is -2.42. The van der Waals surface area contributed by atoms with Crippen LogP contribution in [0.5, 0.6) is 0 Å². The lowest BCUT2D eigenvalue weighted by Crippen LogP contribution is -2.51. The smallest absolute Gasteiger partial charge is 0.363 e. The Labute approximate surface area is 139 Å². The summed E-state index contributed by atoms with van der Waals surface area (Å²) in [4.78, 5) is 4.60. The first-order valence-corrected chi connectivity index (χ1v) is 7.24. The molecule has 126 valence electrons. The molecule has 3 rings (SSSR count). The summed E-state index contributed by atoms with van der Waals surface area (Å²) in [5.41, 5.74) is -1.73. The highest BCUT2D eigenvalue weighted by Crippen LogP contribution is 2.43. The van der Waals surface area contributed by atoms with E-state index >= 15 is 0 Å². The van der Waals surface area contributed by atoms with Crippen molar-refractivity contribution < 1.29 is 22.7 Å². The molecular formula is C16H11ClF4N2O. The quantitative estimate of drug-likeness (QED) is 0.816. The van der Waals surface area contributed by atoms with E-state index in [1.54, 1.807) is 0 Å². The molecule has 1 N–H and O–H groups in total. The predicted octanol–water partition coefficient (Wildman–Crippen LogP) is 4.21. The van der Waals surface area contributed by atoms with Crippen LogP contribution in [-0.2, 0) is 5.72 Å². The van der Waals surface area contributed by atoms with E-state index in [4.69, 9.17) is 11.6 Å². The molecule has 0 bridgehead atoms. The Kier molecular flexibility index (Phi) is 4.01. The van der Waals surface area contributed by atoms with Crippen molar-refractivity contribution >= 4 is 23.6 Å². The Hall–Kier alpha value is -2.12. The van der Waals surface area contributed by atoms with Crippen molar-refractivity contribution in [2.45, 2.75) is 11.9 Å². The van der Waals surface area contributed by atoms with Crippen LogP contribution >= 0.6 is 11.6 Å². The van der Waals surface area contributed by atoms with Crippen molar-refractivity contribution in [2.75, 3.05) is 6.54 Å². The number of alkyl halides is 3. The number of fused-ring (bicyclic) bond motifs is 1. The molecule has 2 aromatic carbocycles. The van der Waals surface area contributed by atoms with Gasteiger partial charge in [-0.25, -0.2) is 9.38 Å². The van der Waals surface area contributed by atoms with Gasteiger partial charge in [0.2, 0.25) is 0 Å². The summed E-state index contributed by atoms with van der Waals surface area (Å²) in [5, 5.41) is 11.4. The van der Waals surface area contributed by atoms with Gasteiger partial charge in [-0.1, -0.05) is 23.7 Å². The lowest BCUT2D eigenvalue weighted by atomic mass is 9.90. The summed E-state index contributed by atoms with van der Waals surface area (Å²) in [7, 11) is 0. The number of aliphatic imine (C=N–C) groups is 1. The zero-order valence-corrected chi connectivity index (χ0v) is 12.8. The Balaban J connectivity index is 2.20. The zero-order valence-electron chi connectivity index (χ0n) is 12.1. The third-order valence-corrected chi connectivity index (χ3v) is 3.92.